The van der Waals surface area contributed by atoms with Crippen LogP contribution in [0, 0.1) is 11.6 Å². The van der Waals surface area contributed by atoms with Crippen LogP contribution in [0.1, 0.15) is 17.3 Å². The number of pyridine rings is 1. The lowest BCUT2D eigenvalue weighted by Crippen LogP contribution is -2.07. The van der Waals surface area contributed by atoms with Gasteiger partial charge in [0.25, 0.3) is 0 Å². The zero-order valence-electron chi connectivity index (χ0n) is 9.34. The second kappa shape index (κ2) is 4.86. The number of hydrogen-bond donors (Lipinski definition) is 0. The predicted octanol–water partition coefficient (Wildman–Crippen LogP) is 3.34. The van der Waals surface area contributed by atoms with Gasteiger partial charge < -0.3 is 4.74 Å². The van der Waals surface area contributed by atoms with Gasteiger partial charge in [-0.2, -0.15) is 0 Å². The van der Waals surface area contributed by atoms with E-state index >= 15 is 0 Å². The molecule has 0 unspecified atom stereocenters. The number of fused-ring (bicyclic) bond motifs is 1. The van der Waals surface area contributed by atoms with Crippen molar-refractivity contribution in [2.75, 3.05) is 6.61 Å². The normalized spacial score (nSPS) is 10.7. The fourth-order valence-corrected chi connectivity index (χ4v) is 1.74. The molecule has 0 aliphatic carbocycles. The number of esters is 1. The number of halogens is 3. The molecule has 0 fully saturated rings. The van der Waals surface area contributed by atoms with Crippen molar-refractivity contribution in [3.63, 3.8) is 0 Å². The maximum atomic E-state index is 13.5. The first kappa shape index (κ1) is 12.7. The van der Waals surface area contributed by atoms with E-state index in [1.807, 2.05) is 0 Å². The van der Waals surface area contributed by atoms with E-state index in [9.17, 15) is 13.6 Å². The summed E-state index contributed by atoms with van der Waals surface area (Å²) in [6, 6.07) is 3.38. The zero-order valence-corrected chi connectivity index (χ0v) is 10.1. The van der Waals surface area contributed by atoms with E-state index in [-0.39, 0.29) is 28.2 Å². The number of ether oxygens (including phenoxy) is 1. The Morgan fingerprint density at radius 3 is 2.83 bits per heavy atom. The Bertz CT molecular complexity index is 631. The third-order valence-corrected chi connectivity index (χ3v) is 2.62. The molecule has 1 aromatic heterocycles. The Hall–Kier alpha value is -1.75. The van der Waals surface area contributed by atoms with Crippen molar-refractivity contribution in [1.82, 2.24) is 4.98 Å². The van der Waals surface area contributed by atoms with Crippen LogP contribution in [-0.4, -0.2) is 17.6 Å². The van der Waals surface area contributed by atoms with E-state index in [0.717, 1.165) is 12.1 Å². The average Bonchev–Trinajstić information content (AvgIpc) is 2.34. The van der Waals surface area contributed by atoms with Crippen LogP contribution in [0.25, 0.3) is 10.9 Å². The number of carbonyl (C=O) groups is 1. The molecule has 0 aliphatic rings. The molecule has 0 saturated carbocycles. The van der Waals surface area contributed by atoms with Crippen LogP contribution in [0.15, 0.2) is 18.2 Å². The third kappa shape index (κ3) is 2.13. The van der Waals surface area contributed by atoms with Gasteiger partial charge in [0.05, 0.1) is 17.7 Å². The summed E-state index contributed by atoms with van der Waals surface area (Å²) in [6.07, 6.45) is 0. The minimum Gasteiger partial charge on any atom is -0.462 e. The van der Waals surface area contributed by atoms with Crippen LogP contribution in [0.3, 0.4) is 0 Å². The minimum absolute atomic E-state index is 0.0875. The molecule has 1 aromatic carbocycles. The fourth-order valence-electron chi connectivity index (χ4n) is 1.51. The van der Waals surface area contributed by atoms with Crippen molar-refractivity contribution < 1.29 is 18.3 Å². The van der Waals surface area contributed by atoms with Crippen LogP contribution in [0.2, 0.25) is 5.15 Å². The smallest absolute Gasteiger partial charge is 0.341 e. The van der Waals surface area contributed by atoms with E-state index in [1.165, 1.54) is 6.07 Å². The van der Waals surface area contributed by atoms with E-state index in [1.54, 1.807) is 6.92 Å². The van der Waals surface area contributed by atoms with Crippen molar-refractivity contribution in [1.29, 1.82) is 0 Å². The molecule has 0 bridgehead atoms. The van der Waals surface area contributed by atoms with Crippen LogP contribution in [0.4, 0.5) is 8.78 Å². The molecule has 0 atom stereocenters. The first-order chi connectivity index (χ1) is 8.54. The Morgan fingerprint density at radius 2 is 2.17 bits per heavy atom. The summed E-state index contributed by atoms with van der Waals surface area (Å²) >= 11 is 5.80. The SMILES string of the molecule is CCOC(=O)c1cc2c(F)c(F)ccc2nc1Cl. The maximum Gasteiger partial charge on any atom is 0.341 e. The first-order valence-electron chi connectivity index (χ1n) is 5.16. The molecule has 2 rings (SSSR count). The zero-order chi connectivity index (χ0) is 13.3. The summed E-state index contributed by atoms with van der Waals surface area (Å²) in [5, 5.41) is -0.214. The van der Waals surface area contributed by atoms with Gasteiger partial charge in [-0.1, -0.05) is 11.6 Å². The number of carbonyl (C=O) groups excluding carboxylic acids is 1. The molecule has 1 heterocycles. The molecule has 3 nitrogen and oxygen atoms in total. The minimum atomic E-state index is -1.07. The summed E-state index contributed by atoms with van der Waals surface area (Å²) in [6.45, 7) is 1.78. The van der Waals surface area contributed by atoms with Gasteiger partial charge >= 0.3 is 5.97 Å². The van der Waals surface area contributed by atoms with Crippen LogP contribution in [-0.2, 0) is 4.74 Å². The highest BCUT2D eigenvalue weighted by atomic mass is 35.5. The van der Waals surface area contributed by atoms with Gasteiger partial charge in [-0.3, -0.25) is 0 Å². The molecule has 0 spiro atoms. The molecule has 0 saturated heterocycles. The van der Waals surface area contributed by atoms with Crippen LogP contribution >= 0.6 is 11.6 Å². The van der Waals surface area contributed by atoms with Gasteiger partial charge in [0.2, 0.25) is 0 Å². The number of aromatic nitrogens is 1. The Kier molecular flexibility index (Phi) is 3.43. The average molecular weight is 272 g/mol. The number of rotatable bonds is 2. The molecule has 18 heavy (non-hydrogen) atoms. The third-order valence-electron chi connectivity index (χ3n) is 2.33. The Labute approximate surface area is 106 Å². The second-order valence-electron chi connectivity index (χ2n) is 3.48. The molecule has 0 N–H and O–H groups in total. The highest BCUT2D eigenvalue weighted by Crippen LogP contribution is 2.24. The monoisotopic (exact) mass is 271 g/mol. The lowest BCUT2D eigenvalue weighted by Gasteiger charge is -2.06. The molecular formula is C12H8ClF2NO2. The van der Waals surface area contributed by atoms with Crippen molar-refractivity contribution in [3.8, 4) is 0 Å². The lowest BCUT2D eigenvalue weighted by molar-refractivity contribution is 0.0526. The van der Waals surface area contributed by atoms with Crippen LogP contribution < -0.4 is 0 Å². The van der Waals surface area contributed by atoms with Gasteiger partial charge in [0, 0.05) is 5.39 Å². The van der Waals surface area contributed by atoms with Crippen molar-refractivity contribution in [2.24, 2.45) is 0 Å². The first-order valence-corrected chi connectivity index (χ1v) is 5.53. The number of hydrogen-bond acceptors (Lipinski definition) is 3. The van der Waals surface area contributed by atoms with Gasteiger partial charge in [-0.05, 0) is 25.1 Å². The largest absolute Gasteiger partial charge is 0.462 e. The van der Waals surface area contributed by atoms with Gasteiger partial charge in [-0.25, -0.2) is 18.6 Å². The fraction of sp³-hybridized carbons (Fsp3) is 0.167. The Balaban J connectivity index is 2.66. The molecular weight excluding hydrogens is 264 g/mol. The predicted molar refractivity (Wildman–Crippen MR) is 62.6 cm³/mol. The molecule has 0 radical (unpaired) electrons. The number of benzene rings is 1. The van der Waals surface area contributed by atoms with Gasteiger partial charge in [0.15, 0.2) is 11.6 Å². The molecule has 6 heteroatoms. The van der Waals surface area contributed by atoms with E-state index in [0.29, 0.717) is 0 Å². The van der Waals surface area contributed by atoms with Gasteiger partial charge in [0.1, 0.15) is 5.15 Å². The molecule has 0 aliphatic heterocycles. The maximum absolute atomic E-state index is 13.5. The molecule has 0 amide bonds. The second-order valence-corrected chi connectivity index (χ2v) is 3.83. The topological polar surface area (TPSA) is 39.2 Å². The van der Waals surface area contributed by atoms with E-state index in [4.69, 9.17) is 16.3 Å². The molecule has 2 aromatic rings. The van der Waals surface area contributed by atoms with E-state index in [2.05, 4.69) is 4.98 Å². The van der Waals surface area contributed by atoms with Crippen molar-refractivity contribution in [3.05, 3.63) is 40.6 Å². The van der Waals surface area contributed by atoms with Crippen molar-refractivity contribution >= 4 is 28.5 Å². The Morgan fingerprint density at radius 1 is 1.44 bits per heavy atom. The highest BCUT2D eigenvalue weighted by Gasteiger charge is 2.17. The number of nitrogens with zero attached hydrogens (tertiary/aromatic N) is 1. The highest BCUT2D eigenvalue weighted by molar-refractivity contribution is 6.32. The standard InChI is InChI=1S/C12H8ClF2NO2/c1-2-18-12(17)7-5-6-9(16-11(7)13)4-3-8(14)10(6)15/h3-5H,2H2,1H3. The quantitative estimate of drug-likeness (QED) is 0.621. The summed E-state index contributed by atoms with van der Waals surface area (Å²) in [5.41, 5.74) is 0.0856. The van der Waals surface area contributed by atoms with Crippen LogP contribution in [0.5, 0.6) is 0 Å². The van der Waals surface area contributed by atoms with Crippen molar-refractivity contribution in [2.45, 2.75) is 6.92 Å². The summed E-state index contributed by atoms with van der Waals surface area (Å²) in [4.78, 5) is 15.4. The van der Waals surface area contributed by atoms with E-state index < -0.39 is 17.6 Å². The molecule has 94 valence electrons. The summed E-state index contributed by atoms with van der Waals surface area (Å²) < 4.78 is 31.4. The van der Waals surface area contributed by atoms with Gasteiger partial charge in [-0.15, -0.1) is 0 Å². The summed E-state index contributed by atoms with van der Waals surface area (Å²) in [7, 11) is 0. The lowest BCUT2D eigenvalue weighted by atomic mass is 10.1. The summed E-state index contributed by atoms with van der Waals surface area (Å²) in [5.74, 6) is -2.80.